The van der Waals surface area contributed by atoms with E-state index in [1.807, 2.05) is 52.0 Å². The number of hydrogen-bond donors (Lipinski definition) is 1. The zero-order valence-electron chi connectivity index (χ0n) is 17.5. The summed E-state index contributed by atoms with van der Waals surface area (Å²) in [5, 5.41) is 10.7. The van der Waals surface area contributed by atoms with Crippen LogP contribution in [0.3, 0.4) is 0 Å². The lowest BCUT2D eigenvalue weighted by molar-refractivity contribution is -0.122. The molecule has 0 unspecified atom stereocenters. The highest BCUT2D eigenvalue weighted by atomic mass is 16.5. The van der Waals surface area contributed by atoms with Crippen molar-refractivity contribution in [2.45, 2.75) is 58.8 Å². The molecule has 1 aromatic carbocycles. The molecular formula is C24H28O5. The maximum Gasteiger partial charge on any atom is 0.196 e. The average Bonchev–Trinajstić information content (AvgIpc) is 2.73. The summed E-state index contributed by atoms with van der Waals surface area (Å²) >= 11 is 0. The van der Waals surface area contributed by atoms with Crippen molar-refractivity contribution in [1.29, 1.82) is 0 Å². The summed E-state index contributed by atoms with van der Waals surface area (Å²) in [6, 6.07) is 8.69. The zero-order chi connectivity index (χ0) is 21.2. The third-order valence-electron chi connectivity index (χ3n) is 5.79. The van der Waals surface area contributed by atoms with Gasteiger partial charge in [0, 0.05) is 17.2 Å². The molecule has 1 aliphatic carbocycles. The van der Waals surface area contributed by atoms with Crippen molar-refractivity contribution in [3.8, 4) is 17.1 Å². The minimum atomic E-state index is -0.938. The molecule has 0 amide bonds. The Kier molecular flexibility index (Phi) is 5.96. The number of carbonyl (C=O) groups is 1. The quantitative estimate of drug-likeness (QED) is 0.677. The predicted molar refractivity (Wildman–Crippen MR) is 113 cm³/mol. The van der Waals surface area contributed by atoms with Crippen LogP contribution < -0.4 is 10.2 Å². The minimum Gasteiger partial charge on any atom is -0.507 e. The Morgan fingerprint density at radius 2 is 1.69 bits per heavy atom. The molecule has 0 spiro atoms. The molecule has 0 atom stereocenters. The predicted octanol–water partition coefficient (Wildman–Crippen LogP) is 5.42. The second-order valence-electron chi connectivity index (χ2n) is 7.35. The Morgan fingerprint density at radius 3 is 2.24 bits per heavy atom. The van der Waals surface area contributed by atoms with Crippen LogP contribution in [-0.4, -0.2) is 17.5 Å². The number of rotatable bonds is 7. The fourth-order valence-corrected chi connectivity index (χ4v) is 4.00. The highest BCUT2D eigenvalue weighted by Crippen LogP contribution is 2.44. The molecular weight excluding hydrogens is 368 g/mol. The molecule has 1 aromatic heterocycles. The molecule has 1 N–H and O–H groups in total. The Morgan fingerprint density at radius 1 is 1.03 bits per heavy atom. The van der Waals surface area contributed by atoms with Crippen molar-refractivity contribution in [2.24, 2.45) is 0 Å². The number of ketones is 1. The van der Waals surface area contributed by atoms with Crippen LogP contribution in [0.25, 0.3) is 17.1 Å². The van der Waals surface area contributed by atoms with E-state index < -0.39 is 5.41 Å². The van der Waals surface area contributed by atoms with Crippen molar-refractivity contribution in [3.05, 3.63) is 57.5 Å². The van der Waals surface area contributed by atoms with Gasteiger partial charge in [-0.15, -0.1) is 0 Å². The van der Waals surface area contributed by atoms with Crippen LogP contribution in [0.1, 0.15) is 64.7 Å². The lowest BCUT2D eigenvalue weighted by Gasteiger charge is -2.35. The van der Waals surface area contributed by atoms with E-state index in [9.17, 15) is 14.7 Å². The van der Waals surface area contributed by atoms with Gasteiger partial charge in [-0.25, -0.2) is 0 Å². The van der Waals surface area contributed by atoms with Crippen molar-refractivity contribution in [3.63, 3.8) is 0 Å². The van der Waals surface area contributed by atoms with E-state index in [-0.39, 0.29) is 28.3 Å². The summed E-state index contributed by atoms with van der Waals surface area (Å²) in [5.74, 6) is 1.00. The van der Waals surface area contributed by atoms with E-state index in [4.69, 9.17) is 9.15 Å². The molecule has 1 aliphatic rings. The lowest BCUT2D eigenvalue weighted by Crippen LogP contribution is -2.41. The normalized spacial score (nSPS) is 15.4. The monoisotopic (exact) mass is 396 g/mol. The fourth-order valence-electron chi connectivity index (χ4n) is 4.00. The summed E-state index contributed by atoms with van der Waals surface area (Å²) in [6.07, 6.45) is 2.26. The highest BCUT2D eigenvalue weighted by Gasteiger charge is 2.48. The SMILES string of the molecule is CCCOc1ccc(-c2cc(=O)c3c(o2)C(CC)(CC)C(=O)C(CC)=C3O)cc1. The van der Waals surface area contributed by atoms with E-state index in [1.165, 1.54) is 6.07 Å². The maximum atomic E-state index is 13.2. The number of Topliss-reactive ketones (excluding diaryl/α,β-unsaturated/α-hetero) is 1. The molecule has 0 saturated heterocycles. The van der Waals surface area contributed by atoms with Crippen molar-refractivity contribution in [2.75, 3.05) is 6.61 Å². The lowest BCUT2D eigenvalue weighted by atomic mass is 9.68. The summed E-state index contributed by atoms with van der Waals surface area (Å²) in [4.78, 5) is 26.2. The highest BCUT2D eigenvalue weighted by molar-refractivity contribution is 6.10. The molecule has 5 nitrogen and oxygen atoms in total. The van der Waals surface area contributed by atoms with Gasteiger partial charge in [0.25, 0.3) is 0 Å². The topological polar surface area (TPSA) is 76.7 Å². The molecule has 29 heavy (non-hydrogen) atoms. The number of carbonyl (C=O) groups excluding carboxylic acids is 1. The molecule has 1 heterocycles. The van der Waals surface area contributed by atoms with Crippen molar-refractivity contribution < 1.29 is 19.1 Å². The Balaban J connectivity index is 2.18. The third-order valence-corrected chi connectivity index (χ3v) is 5.79. The number of allylic oxidation sites excluding steroid dienone is 1. The molecule has 0 radical (unpaired) electrons. The van der Waals surface area contributed by atoms with E-state index in [2.05, 4.69) is 0 Å². The van der Waals surface area contributed by atoms with Gasteiger partial charge in [0.15, 0.2) is 11.2 Å². The number of hydrogen-bond acceptors (Lipinski definition) is 5. The van der Waals surface area contributed by atoms with E-state index >= 15 is 0 Å². The first-order chi connectivity index (χ1) is 13.9. The first kappa shape index (κ1) is 20.9. The molecule has 0 fully saturated rings. The number of aliphatic hydroxyl groups is 1. The van der Waals surface area contributed by atoms with Gasteiger partial charge in [-0.1, -0.05) is 27.7 Å². The largest absolute Gasteiger partial charge is 0.507 e. The fraction of sp³-hybridized carbons (Fsp3) is 0.417. The molecule has 3 rings (SSSR count). The van der Waals surface area contributed by atoms with Gasteiger partial charge in [0.1, 0.15) is 28.6 Å². The van der Waals surface area contributed by atoms with Gasteiger partial charge in [0.05, 0.1) is 12.0 Å². The van der Waals surface area contributed by atoms with E-state index in [0.717, 1.165) is 12.2 Å². The molecule has 0 bridgehead atoms. The van der Waals surface area contributed by atoms with Crippen LogP contribution in [0, 0.1) is 0 Å². The average molecular weight is 396 g/mol. The van der Waals surface area contributed by atoms with Crippen LogP contribution >= 0.6 is 0 Å². The summed E-state index contributed by atoms with van der Waals surface area (Å²) < 4.78 is 11.8. The maximum absolute atomic E-state index is 13.2. The smallest absolute Gasteiger partial charge is 0.196 e. The Bertz CT molecular complexity index is 991. The van der Waals surface area contributed by atoms with Gasteiger partial charge < -0.3 is 14.3 Å². The molecule has 0 saturated carbocycles. The van der Waals surface area contributed by atoms with Crippen LogP contribution in [0.15, 0.2) is 45.1 Å². The number of aliphatic hydroxyl groups excluding tert-OH is 1. The summed E-state index contributed by atoms with van der Waals surface area (Å²) in [6.45, 7) is 8.30. The molecule has 2 aromatic rings. The summed E-state index contributed by atoms with van der Waals surface area (Å²) in [5.41, 5.74) is -0.135. The number of ether oxygens (including phenoxy) is 1. The molecule has 154 valence electrons. The zero-order valence-corrected chi connectivity index (χ0v) is 17.5. The Labute approximate surface area is 171 Å². The molecule has 0 aliphatic heterocycles. The first-order valence-electron chi connectivity index (χ1n) is 10.3. The van der Waals surface area contributed by atoms with Crippen molar-refractivity contribution >= 4 is 11.5 Å². The van der Waals surface area contributed by atoms with Gasteiger partial charge in [-0.05, 0) is 49.9 Å². The van der Waals surface area contributed by atoms with Crippen LogP contribution in [-0.2, 0) is 10.2 Å². The standard InChI is InChI=1S/C24H28O5/c1-5-13-28-16-11-9-15(10-12-16)19-14-18(25)20-21(26)17(6-2)22(27)24(7-3,8-4)23(20)29-19/h9-12,14,26H,5-8,13H2,1-4H3. The van der Waals surface area contributed by atoms with Crippen LogP contribution in [0.2, 0.25) is 0 Å². The minimum absolute atomic E-state index is 0.122. The number of fused-ring (bicyclic) bond motifs is 1. The van der Waals surface area contributed by atoms with Crippen molar-refractivity contribution in [1.82, 2.24) is 0 Å². The Hall–Kier alpha value is -2.82. The van der Waals surface area contributed by atoms with Gasteiger partial charge >= 0.3 is 0 Å². The second-order valence-corrected chi connectivity index (χ2v) is 7.35. The first-order valence-corrected chi connectivity index (χ1v) is 10.3. The van der Waals surface area contributed by atoms with Crippen LogP contribution in [0.4, 0.5) is 0 Å². The second kappa shape index (κ2) is 8.27. The van der Waals surface area contributed by atoms with E-state index in [1.54, 1.807) is 0 Å². The van der Waals surface area contributed by atoms with Gasteiger partial charge in [-0.2, -0.15) is 0 Å². The summed E-state index contributed by atoms with van der Waals surface area (Å²) in [7, 11) is 0. The van der Waals surface area contributed by atoms with E-state index in [0.29, 0.717) is 42.8 Å². The number of benzene rings is 1. The third kappa shape index (κ3) is 3.39. The van der Waals surface area contributed by atoms with Crippen LogP contribution in [0.5, 0.6) is 5.75 Å². The van der Waals surface area contributed by atoms with Gasteiger partial charge in [-0.3, -0.25) is 9.59 Å². The van der Waals surface area contributed by atoms with Gasteiger partial charge in [0.2, 0.25) is 0 Å². The molecule has 5 heteroatoms.